The van der Waals surface area contributed by atoms with Crippen LogP contribution in [-0.4, -0.2) is 99.3 Å². The highest BCUT2D eigenvalue weighted by atomic mass is 32.2. The summed E-state index contributed by atoms with van der Waals surface area (Å²) in [4.78, 5) is 58.9. The molecule has 20 heteroatoms. The van der Waals surface area contributed by atoms with Gasteiger partial charge in [0.25, 0.3) is 0 Å². The molecule has 0 saturated carbocycles. The van der Waals surface area contributed by atoms with Crippen molar-refractivity contribution in [2.75, 3.05) is 29.7 Å². The zero-order valence-corrected chi connectivity index (χ0v) is 19.0. The lowest BCUT2D eigenvalue weighted by molar-refractivity contribution is -0.0321. The first kappa shape index (κ1) is 24.1. The topological polar surface area (TPSA) is 240 Å². The van der Waals surface area contributed by atoms with Crippen molar-refractivity contribution in [3.63, 3.8) is 0 Å². The molecule has 2 atom stereocenters. The van der Waals surface area contributed by atoms with Crippen molar-refractivity contribution >= 4 is 34.9 Å². The van der Waals surface area contributed by atoms with Crippen LogP contribution < -0.4 is 0 Å². The van der Waals surface area contributed by atoms with Gasteiger partial charge >= 0.3 is 26.5 Å². The van der Waals surface area contributed by atoms with Crippen molar-refractivity contribution < 1.29 is 65.1 Å². The second kappa shape index (κ2) is 7.23. The third kappa shape index (κ3) is 4.28. The van der Waals surface area contributed by atoms with E-state index in [1.165, 1.54) is 0 Å². The van der Waals surface area contributed by atoms with Crippen LogP contribution in [0, 0.1) is 0 Å². The van der Waals surface area contributed by atoms with Crippen LogP contribution in [0.3, 0.4) is 0 Å². The van der Waals surface area contributed by atoms with E-state index in [0.717, 1.165) is 9.80 Å². The Bertz CT molecular complexity index is 974. The summed E-state index contributed by atoms with van der Waals surface area (Å²) < 4.78 is 72.0. The molecule has 16 nitrogen and oxygen atoms in total. The minimum absolute atomic E-state index is 0.0851. The highest BCUT2D eigenvalue weighted by molar-refractivity contribution is 7.91. The fourth-order valence-electron chi connectivity index (χ4n) is 3.87. The molecular formula is C11H20N2O14P2S2. The van der Waals surface area contributed by atoms with Crippen molar-refractivity contribution in [2.24, 2.45) is 0 Å². The van der Waals surface area contributed by atoms with E-state index in [9.17, 15) is 45.5 Å². The van der Waals surface area contributed by atoms with Gasteiger partial charge in [-0.2, -0.15) is 19.6 Å². The molecule has 0 amide bonds. The molecule has 4 aliphatic rings. The standard InChI is InChI=1S/C11H20N2O14P2S2/c14-28(15,16)10(24-25-10)12(8-1-3-30(20,21)5-8)7-13(9-2-4-31(22,23)6-9)11(26-27-11)29(17,18)19/h8-9H,1-7H2,(H2,14,15,16)(H2,17,18,19). The van der Waals surface area contributed by atoms with Crippen molar-refractivity contribution in [3.05, 3.63) is 0 Å². The summed E-state index contributed by atoms with van der Waals surface area (Å²) in [5, 5.41) is 0. The van der Waals surface area contributed by atoms with E-state index in [2.05, 4.69) is 19.6 Å². The van der Waals surface area contributed by atoms with E-state index in [1.807, 2.05) is 0 Å². The normalized spacial score (nSPS) is 33.1. The van der Waals surface area contributed by atoms with Gasteiger partial charge in [-0.05, 0) is 12.8 Å². The summed E-state index contributed by atoms with van der Waals surface area (Å²) in [7, 11) is -17.6. The number of nitrogens with zero attached hydrogens (tertiary/aromatic N) is 2. The Morgan fingerprint density at radius 3 is 1.26 bits per heavy atom. The molecule has 4 fully saturated rings. The van der Waals surface area contributed by atoms with Gasteiger partial charge in [0.1, 0.15) is 0 Å². The summed E-state index contributed by atoms with van der Waals surface area (Å²) in [5.41, 5.74) is -5.39. The van der Waals surface area contributed by atoms with Gasteiger partial charge in [-0.3, -0.25) is 9.13 Å². The first-order valence-corrected chi connectivity index (χ1v) is 15.7. The van der Waals surface area contributed by atoms with Crippen LogP contribution in [0.5, 0.6) is 0 Å². The lowest BCUT2D eigenvalue weighted by Gasteiger charge is -2.38. The Morgan fingerprint density at radius 2 is 1.06 bits per heavy atom. The van der Waals surface area contributed by atoms with E-state index in [0.29, 0.717) is 0 Å². The predicted octanol–water partition coefficient (Wildman–Crippen LogP) is -2.58. The van der Waals surface area contributed by atoms with Crippen LogP contribution in [0.25, 0.3) is 0 Å². The number of sulfone groups is 2. The predicted molar refractivity (Wildman–Crippen MR) is 96.6 cm³/mol. The molecule has 0 spiro atoms. The van der Waals surface area contributed by atoms with Crippen molar-refractivity contribution in [1.82, 2.24) is 9.80 Å². The first-order valence-electron chi connectivity index (χ1n) is 8.81. The summed E-state index contributed by atoms with van der Waals surface area (Å²) in [5.74, 6) is -1.69. The van der Waals surface area contributed by atoms with Crippen LogP contribution in [0.4, 0.5) is 0 Å². The number of rotatable bonds is 8. The van der Waals surface area contributed by atoms with E-state index < -0.39 is 76.4 Å². The minimum Gasteiger partial charge on any atom is -0.319 e. The van der Waals surface area contributed by atoms with Crippen LogP contribution >= 0.6 is 15.2 Å². The third-order valence-corrected chi connectivity index (χ3v) is 11.3. The Morgan fingerprint density at radius 1 is 0.742 bits per heavy atom. The van der Waals surface area contributed by atoms with Crippen LogP contribution in [0.15, 0.2) is 0 Å². The summed E-state index contributed by atoms with van der Waals surface area (Å²) in [6.45, 7) is -0.795. The maximum Gasteiger partial charge on any atom is 0.406 e. The fraction of sp³-hybridized carbons (Fsp3) is 1.00. The largest absolute Gasteiger partial charge is 0.406 e. The van der Waals surface area contributed by atoms with Gasteiger partial charge < -0.3 is 19.6 Å². The van der Waals surface area contributed by atoms with E-state index in [4.69, 9.17) is 0 Å². The van der Waals surface area contributed by atoms with Crippen molar-refractivity contribution in [1.29, 1.82) is 0 Å². The molecule has 0 aliphatic carbocycles. The zero-order chi connectivity index (χ0) is 23.1. The van der Waals surface area contributed by atoms with Crippen LogP contribution in [-0.2, 0) is 48.4 Å². The molecule has 0 aromatic heterocycles. The molecule has 0 aromatic carbocycles. The van der Waals surface area contributed by atoms with Gasteiger partial charge in [0.2, 0.25) is 0 Å². The average Bonchev–Trinajstić information content (AvgIpc) is 3.49. The van der Waals surface area contributed by atoms with Gasteiger partial charge in [-0.1, -0.05) is 0 Å². The Kier molecular flexibility index (Phi) is 5.62. The van der Waals surface area contributed by atoms with E-state index in [-0.39, 0.29) is 24.3 Å². The van der Waals surface area contributed by atoms with Gasteiger partial charge in [-0.15, -0.1) is 0 Å². The average molecular weight is 530 g/mol. The lowest BCUT2D eigenvalue weighted by atomic mass is 10.2. The first-order chi connectivity index (χ1) is 14.0. The Balaban J connectivity index is 1.73. The van der Waals surface area contributed by atoms with E-state index >= 15 is 0 Å². The maximum absolute atomic E-state index is 12.1. The van der Waals surface area contributed by atoms with Gasteiger partial charge in [0.05, 0.1) is 29.7 Å². The van der Waals surface area contributed by atoms with Gasteiger partial charge in [0, 0.05) is 12.1 Å². The molecule has 31 heavy (non-hydrogen) atoms. The van der Waals surface area contributed by atoms with Crippen molar-refractivity contribution in [3.8, 4) is 0 Å². The Hall–Kier alpha value is -0.0400. The fourth-order valence-corrected chi connectivity index (χ4v) is 8.92. The SMILES string of the molecule is O=P(O)(O)C1(N(CN(C2CCS(=O)(=O)C2)C2(P(=O)(O)O)OO2)C2CCS(=O)(=O)C2)OO1. The molecule has 2 unspecified atom stereocenters. The zero-order valence-electron chi connectivity index (χ0n) is 15.6. The molecule has 0 aromatic rings. The molecule has 4 heterocycles. The molecule has 4 N–H and O–H groups in total. The molecule has 4 rings (SSSR count). The second-order valence-corrected chi connectivity index (χ2v) is 15.5. The molecule has 4 aliphatic heterocycles. The lowest BCUT2D eigenvalue weighted by Crippen LogP contribution is -2.57. The maximum atomic E-state index is 12.1. The highest BCUT2D eigenvalue weighted by Crippen LogP contribution is 2.66. The van der Waals surface area contributed by atoms with Crippen LogP contribution in [0.1, 0.15) is 12.8 Å². The summed E-state index contributed by atoms with van der Waals surface area (Å²) >= 11 is 0. The number of hydrogen-bond donors (Lipinski definition) is 4. The quantitative estimate of drug-likeness (QED) is 0.109. The second-order valence-electron chi connectivity index (χ2n) is 7.71. The van der Waals surface area contributed by atoms with Crippen LogP contribution in [0.2, 0.25) is 0 Å². The monoisotopic (exact) mass is 530 g/mol. The molecule has 0 radical (unpaired) electrons. The summed E-state index contributed by atoms with van der Waals surface area (Å²) in [6.07, 6.45) is -0.170. The molecular weight excluding hydrogens is 510 g/mol. The smallest absolute Gasteiger partial charge is 0.319 e. The van der Waals surface area contributed by atoms with Crippen molar-refractivity contribution in [2.45, 2.75) is 36.2 Å². The minimum atomic E-state index is -5.23. The molecule has 4 saturated heterocycles. The number of hydrogen-bond acceptors (Lipinski definition) is 12. The highest BCUT2D eigenvalue weighted by Gasteiger charge is 2.75. The molecule has 180 valence electrons. The summed E-state index contributed by atoms with van der Waals surface area (Å²) in [6, 6.07) is -2.15. The molecule has 0 bridgehead atoms. The third-order valence-electron chi connectivity index (χ3n) is 5.53. The van der Waals surface area contributed by atoms with Gasteiger partial charge in [0.15, 0.2) is 19.7 Å². The Labute approximate surface area is 176 Å². The van der Waals surface area contributed by atoms with Gasteiger partial charge in [-0.25, -0.2) is 26.6 Å². The van der Waals surface area contributed by atoms with E-state index in [1.54, 1.807) is 0 Å².